The van der Waals surface area contributed by atoms with Crippen molar-refractivity contribution in [3.05, 3.63) is 283 Å². The Morgan fingerprint density at radius 1 is 0.387 bits per heavy atom. The number of benzene rings is 9. The van der Waals surface area contributed by atoms with Crippen molar-refractivity contribution >= 4 is 140 Å². The fraction of sp³-hybridized carbons (Fsp3) is 0.163. The molecule has 0 saturated heterocycles. The molecular weight excluding hydrogens is 1590 g/mol. The van der Waals surface area contributed by atoms with Crippen molar-refractivity contribution in [2.75, 3.05) is 106 Å². The molecule has 0 radical (unpaired) electrons. The molecule has 27 nitrogen and oxygen atoms in total. The summed E-state index contributed by atoms with van der Waals surface area (Å²) in [7, 11) is 8.55. The summed E-state index contributed by atoms with van der Waals surface area (Å²) in [5, 5.41) is 43.5. The van der Waals surface area contributed by atoms with E-state index in [1.165, 1.54) is 36.8 Å². The number of hydrogen-bond donors (Lipinski definition) is 14. The van der Waals surface area contributed by atoms with Crippen LogP contribution in [0.5, 0.6) is 0 Å². The minimum Gasteiger partial charge on any atom is -0.395 e. The van der Waals surface area contributed by atoms with Crippen molar-refractivity contribution in [1.29, 1.82) is 0 Å². The quantitative estimate of drug-likeness (QED) is 0.0217. The zero-order chi connectivity index (χ0) is 85.4. The smallest absolute Gasteiger partial charge is 0.253 e. The van der Waals surface area contributed by atoms with Gasteiger partial charge in [-0.25, -0.2) is 28.1 Å². The van der Waals surface area contributed by atoms with Crippen molar-refractivity contribution in [2.45, 2.75) is 20.8 Å². The van der Waals surface area contributed by atoms with Crippen LogP contribution in [0.15, 0.2) is 201 Å². The molecule has 119 heavy (non-hydrogen) atoms. The van der Waals surface area contributed by atoms with Gasteiger partial charge in [-0.15, -0.1) is 0 Å². The van der Waals surface area contributed by atoms with E-state index < -0.39 is 17.5 Å². The molecule has 0 aliphatic carbocycles. The van der Waals surface area contributed by atoms with E-state index in [0.29, 0.717) is 93.3 Å². The Kier molecular flexibility index (Phi) is 30.8. The Bertz CT molecular complexity index is 5450. The molecule has 0 spiro atoms. The summed E-state index contributed by atoms with van der Waals surface area (Å²) in [6, 6.07) is 50.6. The van der Waals surface area contributed by atoms with E-state index in [2.05, 4.69) is 93.7 Å². The molecule has 12 aromatic rings. The first-order valence-corrected chi connectivity index (χ1v) is 38.1. The van der Waals surface area contributed by atoms with Gasteiger partial charge >= 0.3 is 0 Å². The van der Waals surface area contributed by atoms with Gasteiger partial charge in [-0.3, -0.25) is 28.8 Å². The number of nitrogens with one attached hydrogen (secondary N) is 12. The lowest BCUT2D eigenvalue weighted by atomic mass is 9.98. The van der Waals surface area contributed by atoms with E-state index in [1.54, 1.807) is 185 Å². The molecule has 9 aromatic carbocycles. The number of aryl methyl sites for hydroxylation is 3. The lowest BCUT2D eigenvalue weighted by molar-refractivity contribution is 0.0939. The molecular formula is C86H84Cl3F3N20O7. The lowest BCUT2D eigenvalue weighted by Crippen LogP contribution is -2.31. The molecule has 0 saturated carbocycles. The molecule has 0 unspecified atom stereocenters. The average Bonchev–Trinajstić information content (AvgIpc) is 0.810. The second kappa shape index (κ2) is 41.8. The number of amides is 6. The second-order valence-electron chi connectivity index (χ2n) is 26.6. The number of carbonyl (C=O) groups is 6. The number of rotatable bonds is 28. The summed E-state index contributed by atoms with van der Waals surface area (Å²) in [5.41, 5.74) is 16.9. The van der Waals surface area contributed by atoms with Crippen molar-refractivity contribution < 1.29 is 47.0 Å². The maximum absolute atomic E-state index is 15.2. The van der Waals surface area contributed by atoms with Gasteiger partial charge in [-0.2, -0.15) is 15.0 Å². The zero-order valence-electron chi connectivity index (χ0n) is 65.7. The number of nitrogens with two attached hydrogens (primary N) is 1. The summed E-state index contributed by atoms with van der Waals surface area (Å²) in [5.74, 6) is -2.04. The summed E-state index contributed by atoms with van der Waals surface area (Å²) in [6.07, 6.45) is 4.14. The second-order valence-corrected chi connectivity index (χ2v) is 27.8. The SMILES string of the molecule is CNC(=O)c1ccc(-c2cc(F)c(Nc3ncc(Cl)c(Nc4ccccc4C(=O)NCCN(C)C)n3)cc2C)cc1.CNC(=O)c1ccc(-c2cc(F)c(Nc3ncc(Cl)c(Nc4ccccc4C(=O)NCCN)n3)cc2C)cc1.CNC(=O)c1ccc(-c2cc(F)c(Nc3ncc(Cl)c(Nc4ccccc4C(=O)NCCO)n3)cc2C)cc1. The topological polar surface area (TPSA) is 374 Å². The van der Waals surface area contributed by atoms with Gasteiger partial charge in [0, 0.05) is 70.6 Å². The maximum atomic E-state index is 15.2. The van der Waals surface area contributed by atoms with Crippen LogP contribution in [0.2, 0.25) is 15.1 Å². The van der Waals surface area contributed by atoms with E-state index in [4.69, 9.17) is 45.6 Å². The molecule has 6 amide bonds. The van der Waals surface area contributed by atoms with Gasteiger partial charge in [0.2, 0.25) is 17.8 Å². The van der Waals surface area contributed by atoms with Crippen LogP contribution in [0, 0.1) is 38.2 Å². The Labute approximate surface area is 699 Å². The van der Waals surface area contributed by atoms with E-state index in [1.807, 2.05) is 39.8 Å². The summed E-state index contributed by atoms with van der Waals surface area (Å²) < 4.78 is 45.5. The molecule has 0 atom stereocenters. The Morgan fingerprint density at radius 3 is 0.950 bits per heavy atom. The minimum atomic E-state index is -0.523. The van der Waals surface area contributed by atoms with E-state index >= 15 is 13.2 Å². The third-order valence-corrected chi connectivity index (χ3v) is 18.7. The number of aliphatic hydroxyl groups is 1. The van der Waals surface area contributed by atoms with Gasteiger partial charge in [-0.05, 0) is 194 Å². The number of para-hydroxylation sites is 3. The Hall–Kier alpha value is -13.6. The standard InChI is InChI=1S/C30H31ClFN7O2.C28H27ClFN7O2.C28H26ClFN6O3/c1-18-15-26(24(32)16-22(18)19-9-11-20(12-10-19)28(40)33-2)37-30-35-17-23(31)27(38-30)36-25-8-6-5-7-21(25)29(41)34-13-14-39(3)4;1-16-13-24(22(30)14-20(16)17-7-9-18(10-8-17)26(38)32-2)36-28-34-15-21(29)25(37-28)35-23-6-4-3-5-19(23)27(39)33-12-11-31;1-16-13-24(22(30)14-20(16)17-7-9-18(10-8-17)26(38)31-2)35-28-33-15-21(29)25(36-28)34-23-6-4-3-5-19(23)27(39)32-11-12-37/h5-12,15-17H,13-14H2,1-4H3,(H,33,40)(H,34,41)(H2,35,36,37,38);3-10,13-15H,11-12,31H2,1-2H3,(H,32,38)(H,33,39)(H2,34,35,36,37);3-10,13-15,37H,11-12H2,1-2H3,(H,31,38)(H,32,39)(H2,33,34,35,36). The van der Waals surface area contributed by atoms with Crippen molar-refractivity contribution in [1.82, 2.24) is 66.7 Å². The molecule has 33 heteroatoms. The van der Waals surface area contributed by atoms with E-state index in [0.717, 1.165) is 33.4 Å². The van der Waals surface area contributed by atoms with E-state index in [9.17, 15) is 28.8 Å². The number of nitrogens with zero attached hydrogens (tertiary/aromatic N) is 7. The molecule has 612 valence electrons. The van der Waals surface area contributed by atoms with Gasteiger partial charge in [0.1, 0.15) is 32.5 Å². The predicted octanol–water partition coefficient (Wildman–Crippen LogP) is 15.0. The number of carbonyl (C=O) groups excluding carboxylic acids is 6. The van der Waals surface area contributed by atoms with Gasteiger partial charge in [0.05, 0.1) is 76.0 Å². The molecule has 15 N–H and O–H groups in total. The van der Waals surface area contributed by atoms with Crippen LogP contribution in [0.4, 0.5) is 82.6 Å². The molecule has 0 aliphatic rings. The largest absolute Gasteiger partial charge is 0.395 e. The van der Waals surface area contributed by atoms with Gasteiger partial charge in [0.15, 0.2) is 17.5 Å². The van der Waals surface area contributed by atoms with Crippen molar-refractivity contribution in [3.8, 4) is 33.4 Å². The third-order valence-electron chi connectivity index (χ3n) is 17.9. The number of aliphatic hydroxyl groups excluding tert-OH is 1. The van der Waals surface area contributed by atoms with Crippen LogP contribution in [-0.2, 0) is 0 Å². The first-order valence-electron chi connectivity index (χ1n) is 36.9. The highest BCUT2D eigenvalue weighted by molar-refractivity contribution is 6.34. The molecule has 0 aliphatic heterocycles. The van der Waals surface area contributed by atoms with Gasteiger partial charge in [0.25, 0.3) is 35.4 Å². The number of anilines is 12. The van der Waals surface area contributed by atoms with E-state index in [-0.39, 0.29) is 116 Å². The number of halogens is 6. The van der Waals surface area contributed by atoms with Crippen LogP contribution in [0.25, 0.3) is 33.4 Å². The fourth-order valence-electron chi connectivity index (χ4n) is 11.8. The molecule has 0 bridgehead atoms. The van der Waals surface area contributed by atoms with Crippen LogP contribution < -0.4 is 69.5 Å². The average molecular weight is 1670 g/mol. The summed E-state index contributed by atoms with van der Waals surface area (Å²) >= 11 is 19.0. The van der Waals surface area contributed by atoms with Gasteiger partial charge < -0.3 is 79.5 Å². The van der Waals surface area contributed by atoms with Crippen LogP contribution >= 0.6 is 34.8 Å². The monoisotopic (exact) mass is 1670 g/mol. The van der Waals surface area contributed by atoms with Crippen LogP contribution in [-0.4, -0.2) is 150 Å². The Balaban J connectivity index is 0.000000188. The fourth-order valence-corrected chi connectivity index (χ4v) is 12.2. The predicted molar refractivity (Wildman–Crippen MR) is 462 cm³/mol. The van der Waals surface area contributed by atoms with Crippen molar-refractivity contribution in [3.63, 3.8) is 0 Å². The van der Waals surface area contributed by atoms with Crippen molar-refractivity contribution in [2.24, 2.45) is 5.73 Å². The third kappa shape index (κ3) is 23.4. The van der Waals surface area contributed by atoms with Gasteiger partial charge in [-0.1, -0.05) is 108 Å². The maximum Gasteiger partial charge on any atom is 0.253 e. The number of aromatic nitrogens is 6. The Morgan fingerprint density at radius 2 is 0.672 bits per heavy atom. The zero-order valence-corrected chi connectivity index (χ0v) is 67.9. The highest BCUT2D eigenvalue weighted by atomic mass is 35.5. The van der Waals surface area contributed by atoms with Crippen LogP contribution in [0.3, 0.4) is 0 Å². The lowest BCUT2D eigenvalue weighted by Gasteiger charge is -2.15. The first-order chi connectivity index (χ1) is 57.3. The summed E-state index contributed by atoms with van der Waals surface area (Å²) in [4.78, 5) is 101. The minimum absolute atomic E-state index is 0.0881. The first kappa shape index (κ1) is 87.8. The normalized spacial score (nSPS) is 10.7. The molecule has 0 fully saturated rings. The number of likely N-dealkylation sites (N-methyl/N-ethyl adjacent to an activating group) is 1. The molecule has 3 aromatic heterocycles. The molecule has 3 heterocycles. The highest BCUT2D eigenvalue weighted by Crippen LogP contribution is 2.37. The summed E-state index contributed by atoms with van der Waals surface area (Å²) in [6.45, 7) is 7.34. The highest BCUT2D eigenvalue weighted by Gasteiger charge is 2.22. The number of hydrogen-bond acceptors (Lipinski definition) is 21. The molecule has 12 rings (SSSR count). The van der Waals surface area contributed by atoms with Crippen LogP contribution in [0.1, 0.15) is 78.8 Å².